The Balaban J connectivity index is 1.58. The van der Waals surface area contributed by atoms with Gasteiger partial charge in [0.1, 0.15) is 5.78 Å². The summed E-state index contributed by atoms with van der Waals surface area (Å²) in [5.41, 5.74) is -0.0485. The monoisotopic (exact) mass is 339 g/mol. The van der Waals surface area contributed by atoms with Gasteiger partial charge < -0.3 is 4.90 Å². The van der Waals surface area contributed by atoms with Gasteiger partial charge in [0, 0.05) is 24.4 Å². The minimum absolute atomic E-state index is 0.0855. The maximum atomic E-state index is 12.8. The molecule has 2 fully saturated rings. The molecule has 24 heavy (non-hydrogen) atoms. The van der Waals surface area contributed by atoms with Crippen LogP contribution in [0.3, 0.4) is 0 Å². The number of fused-ring (bicyclic) bond motifs is 2. The van der Waals surface area contributed by atoms with E-state index in [2.05, 4.69) is 11.9 Å². The number of alkyl halides is 3. The molecule has 2 bridgehead atoms. The number of hydrogen-bond donors (Lipinski definition) is 0. The van der Waals surface area contributed by atoms with Crippen LogP contribution >= 0.6 is 0 Å². The summed E-state index contributed by atoms with van der Waals surface area (Å²) in [6.45, 7) is 0. The fourth-order valence-electron chi connectivity index (χ4n) is 4.25. The first kappa shape index (κ1) is 17.5. The largest absolute Gasteiger partial charge is 0.416 e. The van der Waals surface area contributed by atoms with E-state index < -0.39 is 11.7 Å². The summed E-state index contributed by atoms with van der Waals surface area (Å²) >= 11 is 0. The number of halogens is 3. The lowest BCUT2D eigenvalue weighted by molar-refractivity contribution is -0.137. The third-order valence-corrected chi connectivity index (χ3v) is 5.71. The number of aryl methyl sites for hydroxylation is 1. The lowest BCUT2D eigenvalue weighted by Gasteiger charge is -2.46. The first-order valence-electron chi connectivity index (χ1n) is 8.75. The summed E-state index contributed by atoms with van der Waals surface area (Å²) in [5.74, 6) is 0.305. The van der Waals surface area contributed by atoms with Crippen LogP contribution < -0.4 is 0 Å². The highest BCUT2D eigenvalue weighted by Gasteiger charge is 2.38. The van der Waals surface area contributed by atoms with Crippen LogP contribution in [0.15, 0.2) is 24.3 Å². The fourth-order valence-corrected chi connectivity index (χ4v) is 4.25. The molecule has 0 aliphatic carbocycles. The highest BCUT2D eigenvalue weighted by atomic mass is 19.4. The molecule has 3 rings (SSSR count). The van der Waals surface area contributed by atoms with Crippen LogP contribution in [0.25, 0.3) is 0 Å². The molecular formula is C19H24F3NO. The molecule has 0 N–H and O–H groups in total. The van der Waals surface area contributed by atoms with Gasteiger partial charge in [-0.2, -0.15) is 13.2 Å². The fraction of sp³-hybridized carbons (Fsp3) is 0.632. The third kappa shape index (κ3) is 3.82. The number of ketones is 1. The van der Waals surface area contributed by atoms with Crippen molar-refractivity contribution in [1.29, 1.82) is 0 Å². The smallest absolute Gasteiger partial charge is 0.300 e. The molecule has 0 amide bonds. The maximum absolute atomic E-state index is 12.8. The predicted octanol–water partition coefficient (Wildman–Crippen LogP) is 4.47. The molecule has 5 heteroatoms. The Morgan fingerprint density at radius 3 is 2.50 bits per heavy atom. The molecule has 0 saturated carbocycles. The topological polar surface area (TPSA) is 20.3 Å². The number of benzene rings is 1. The number of piperidine rings is 2. The van der Waals surface area contributed by atoms with Crippen LogP contribution in [-0.4, -0.2) is 29.8 Å². The third-order valence-electron chi connectivity index (χ3n) is 5.71. The summed E-state index contributed by atoms with van der Waals surface area (Å²) in [5, 5.41) is 0. The van der Waals surface area contributed by atoms with E-state index in [1.54, 1.807) is 6.07 Å². The van der Waals surface area contributed by atoms with Crippen LogP contribution in [0, 0.1) is 5.92 Å². The molecule has 1 aromatic carbocycles. The molecule has 0 aromatic heterocycles. The van der Waals surface area contributed by atoms with Crippen molar-refractivity contribution in [3.63, 3.8) is 0 Å². The minimum Gasteiger partial charge on any atom is -0.300 e. The van der Waals surface area contributed by atoms with Crippen molar-refractivity contribution in [1.82, 2.24) is 4.90 Å². The summed E-state index contributed by atoms with van der Waals surface area (Å²) in [4.78, 5) is 15.0. The molecule has 2 atom stereocenters. The normalized spacial score (nSPS) is 27.9. The lowest BCUT2D eigenvalue weighted by atomic mass is 9.76. The van der Waals surface area contributed by atoms with Gasteiger partial charge in [-0.3, -0.25) is 4.79 Å². The number of nitrogens with zero attached hydrogens (tertiary/aromatic N) is 1. The quantitative estimate of drug-likeness (QED) is 0.807. The van der Waals surface area contributed by atoms with Gasteiger partial charge in [-0.05, 0) is 50.8 Å². The minimum atomic E-state index is -4.33. The molecule has 2 saturated heterocycles. The molecule has 2 aliphatic rings. The number of carbonyl (C=O) groups is 1. The first-order valence-corrected chi connectivity index (χ1v) is 8.75. The lowest BCUT2D eigenvalue weighted by Crippen LogP contribution is -2.51. The SMILES string of the molecule is CN1C2CCCC1CC(C(=O)CCc1cccc(C(F)(F)F)c1)C2. The van der Waals surface area contributed by atoms with Crippen molar-refractivity contribution in [2.24, 2.45) is 5.92 Å². The van der Waals surface area contributed by atoms with Gasteiger partial charge in [0.15, 0.2) is 0 Å². The van der Waals surface area contributed by atoms with Gasteiger partial charge in [-0.1, -0.05) is 24.6 Å². The Bertz CT molecular complexity index is 585. The zero-order valence-electron chi connectivity index (χ0n) is 14.0. The van der Waals surface area contributed by atoms with Crippen molar-refractivity contribution < 1.29 is 18.0 Å². The highest BCUT2D eigenvalue weighted by Crippen LogP contribution is 2.36. The zero-order valence-corrected chi connectivity index (χ0v) is 14.0. The summed E-state index contributed by atoms with van der Waals surface area (Å²) in [6, 6.07) is 6.33. The van der Waals surface area contributed by atoms with E-state index >= 15 is 0 Å². The molecule has 0 radical (unpaired) electrons. The average Bonchev–Trinajstić information content (AvgIpc) is 2.52. The van der Waals surface area contributed by atoms with Gasteiger partial charge in [-0.25, -0.2) is 0 Å². The Labute approximate surface area is 141 Å². The Hall–Kier alpha value is -1.36. The van der Waals surface area contributed by atoms with E-state index in [1.165, 1.54) is 12.5 Å². The Kier molecular flexibility index (Phi) is 5.00. The highest BCUT2D eigenvalue weighted by molar-refractivity contribution is 5.81. The van der Waals surface area contributed by atoms with E-state index in [1.807, 2.05) is 0 Å². The van der Waals surface area contributed by atoms with Crippen LogP contribution in [0.2, 0.25) is 0 Å². The molecule has 2 heterocycles. The molecule has 132 valence electrons. The zero-order chi connectivity index (χ0) is 17.3. The van der Waals surface area contributed by atoms with Crippen molar-refractivity contribution in [3.8, 4) is 0 Å². The number of rotatable bonds is 4. The van der Waals surface area contributed by atoms with Crippen LogP contribution in [0.5, 0.6) is 0 Å². The Morgan fingerprint density at radius 1 is 1.21 bits per heavy atom. The summed E-state index contributed by atoms with van der Waals surface area (Å²) in [6.07, 6.45) is 1.79. The van der Waals surface area contributed by atoms with E-state index in [9.17, 15) is 18.0 Å². The Morgan fingerprint density at radius 2 is 1.88 bits per heavy atom. The molecule has 2 unspecified atom stereocenters. The molecule has 0 spiro atoms. The van der Waals surface area contributed by atoms with E-state index in [4.69, 9.17) is 0 Å². The van der Waals surface area contributed by atoms with Gasteiger partial charge in [-0.15, -0.1) is 0 Å². The number of hydrogen-bond acceptors (Lipinski definition) is 2. The number of Topliss-reactive ketones (excluding diaryl/α,β-unsaturated/α-hetero) is 1. The first-order chi connectivity index (χ1) is 11.3. The van der Waals surface area contributed by atoms with Crippen molar-refractivity contribution in [2.45, 2.75) is 63.2 Å². The van der Waals surface area contributed by atoms with E-state index in [0.717, 1.165) is 37.8 Å². The molecule has 1 aromatic rings. The van der Waals surface area contributed by atoms with Gasteiger partial charge in [0.2, 0.25) is 0 Å². The second-order valence-electron chi connectivity index (χ2n) is 7.24. The van der Waals surface area contributed by atoms with Crippen LogP contribution in [-0.2, 0) is 17.4 Å². The standard InChI is InChI=1S/C19H24F3NO/c1-23-16-6-3-7-17(23)12-14(11-16)18(24)9-8-13-4-2-5-15(10-13)19(20,21)22/h2,4-5,10,14,16-17H,3,6-9,11-12H2,1H3. The maximum Gasteiger partial charge on any atom is 0.416 e. The second-order valence-corrected chi connectivity index (χ2v) is 7.24. The van der Waals surface area contributed by atoms with Crippen molar-refractivity contribution in [3.05, 3.63) is 35.4 Å². The van der Waals surface area contributed by atoms with Gasteiger partial charge in [0.25, 0.3) is 0 Å². The molecule has 2 aliphatic heterocycles. The molecular weight excluding hydrogens is 315 g/mol. The van der Waals surface area contributed by atoms with Gasteiger partial charge in [0.05, 0.1) is 5.56 Å². The van der Waals surface area contributed by atoms with Crippen LogP contribution in [0.1, 0.15) is 49.7 Å². The molecule has 2 nitrogen and oxygen atoms in total. The average molecular weight is 339 g/mol. The van der Waals surface area contributed by atoms with E-state index in [0.29, 0.717) is 30.5 Å². The summed E-state index contributed by atoms with van der Waals surface area (Å²) < 4.78 is 38.3. The van der Waals surface area contributed by atoms with Crippen LogP contribution in [0.4, 0.5) is 13.2 Å². The van der Waals surface area contributed by atoms with E-state index in [-0.39, 0.29) is 11.7 Å². The van der Waals surface area contributed by atoms with Crippen molar-refractivity contribution in [2.75, 3.05) is 7.05 Å². The second kappa shape index (κ2) is 6.87. The van der Waals surface area contributed by atoms with Gasteiger partial charge >= 0.3 is 6.18 Å². The summed E-state index contributed by atoms with van der Waals surface area (Å²) in [7, 11) is 2.15. The van der Waals surface area contributed by atoms with Crippen molar-refractivity contribution >= 4 is 5.78 Å². The number of carbonyl (C=O) groups excluding carboxylic acids is 1. The predicted molar refractivity (Wildman–Crippen MR) is 86.7 cm³/mol.